The van der Waals surface area contributed by atoms with Gasteiger partial charge in [-0.2, -0.15) is 0 Å². The summed E-state index contributed by atoms with van der Waals surface area (Å²) in [5.74, 6) is 1.06. The van der Waals surface area contributed by atoms with Gasteiger partial charge in [0, 0.05) is 0 Å². The number of hydrogen-bond acceptors (Lipinski definition) is 1. The molecule has 2 atom stereocenters. The van der Waals surface area contributed by atoms with Crippen molar-refractivity contribution in [2.45, 2.75) is 46.6 Å². The summed E-state index contributed by atoms with van der Waals surface area (Å²) >= 11 is 0. The van der Waals surface area contributed by atoms with Crippen LogP contribution in [0.3, 0.4) is 0 Å². The van der Waals surface area contributed by atoms with Gasteiger partial charge in [0.25, 0.3) is 0 Å². The van der Waals surface area contributed by atoms with Crippen LogP contribution < -0.4 is 0 Å². The van der Waals surface area contributed by atoms with Crippen LogP contribution in [0, 0.1) is 11.8 Å². The second kappa shape index (κ2) is 6.24. The van der Waals surface area contributed by atoms with Crippen molar-refractivity contribution in [3.63, 3.8) is 0 Å². The van der Waals surface area contributed by atoms with E-state index in [1.807, 2.05) is 13.8 Å². The van der Waals surface area contributed by atoms with Crippen LogP contribution in [0.2, 0.25) is 0 Å². The van der Waals surface area contributed by atoms with Gasteiger partial charge in [-0.15, -0.1) is 0 Å². The maximum atomic E-state index is 9.18. The standard InChI is InChI=1S/C11H22O/c1-9(2)7-5-6-8-10(3)11(4)12/h6,8-12H,5,7H2,1-4H3/b8-6-/t10-,11-/m0/s1. The Labute approximate surface area is 76.5 Å². The van der Waals surface area contributed by atoms with Gasteiger partial charge in [0.1, 0.15) is 0 Å². The van der Waals surface area contributed by atoms with Gasteiger partial charge < -0.3 is 5.11 Å². The molecule has 0 aromatic heterocycles. The first kappa shape index (κ1) is 11.7. The molecule has 0 aromatic carbocycles. The van der Waals surface area contributed by atoms with Crippen LogP contribution in [0.5, 0.6) is 0 Å². The third-order valence-corrected chi connectivity index (χ3v) is 2.11. The molecule has 0 bridgehead atoms. The number of aliphatic hydroxyl groups is 1. The molecule has 0 fully saturated rings. The lowest BCUT2D eigenvalue weighted by atomic mass is 10.0. The lowest BCUT2D eigenvalue weighted by molar-refractivity contribution is 0.157. The van der Waals surface area contributed by atoms with Crippen molar-refractivity contribution in [2.75, 3.05) is 0 Å². The van der Waals surface area contributed by atoms with Crippen LogP contribution in [0.4, 0.5) is 0 Å². The monoisotopic (exact) mass is 170 g/mol. The highest BCUT2D eigenvalue weighted by Gasteiger charge is 2.02. The van der Waals surface area contributed by atoms with Gasteiger partial charge >= 0.3 is 0 Å². The molecule has 0 aliphatic heterocycles. The molecule has 0 aliphatic carbocycles. The molecule has 12 heavy (non-hydrogen) atoms. The maximum absolute atomic E-state index is 9.18. The molecule has 0 spiro atoms. The molecule has 1 nitrogen and oxygen atoms in total. The quantitative estimate of drug-likeness (QED) is 0.629. The van der Waals surface area contributed by atoms with Crippen molar-refractivity contribution in [3.05, 3.63) is 12.2 Å². The zero-order chi connectivity index (χ0) is 9.56. The molecule has 0 aromatic rings. The van der Waals surface area contributed by atoms with E-state index in [2.05, 4.69) is 26.0 Å². The summed E-state index contributed by atoms with van der Waals surface area (Å²) in [6.45, 7) is 8.33. The molecular weight excluding hydrogens is 148 g/mol. The Balaban J connectivity index is 3.48. The molecule has 0 saturated carbocycles. The van der Waals surface area contributed by atoms with Crippen molar-refractivity contribution in [1.29, 1.82) is 0 Å². The molecule has 0 rings (SSSR count). The highest BCUT2D eigenvalue weighted by molar-refractivity contribution is 4.88. The van der Waals surface area contributed by atoms with Gasteiger partial charge in [-0.05, 0) is 31.6 Å². The fourth-order valence-corrected chi connectivity index (χ4v) is 0.901. The van der Waals surface area contributed by atoms with Gasteiger partial charge in [0.15, 0.2) is 0 Å². The summed E-state index contributed by atoms with van der Waals surface area (Å²) in [6.07, 6.45) is 6.43. The van der Waals surface area contributed by atoms with Crippen LogP contribution in [-0.4, -0.2) is 11.2 Å². The molecular formula is C11H22O. The van der Waals surface area contributed by atoms with E-state index in [1.54, 1.807) is 0 Å². The number of allylic oxidation sites excluding steroid dienone is 1. The van der Waals surface area contributed by atoms with Crippen LogP contribution in [0.15, 0.2) is 12.2 Å². The summed E-state index contributed by atoms with van der Waals surface area (Å²) in [7, 11) is 0. The summed E-state index contributed by atoms with van der Waals surface area (Å²) in [5.41, 5.74) is 0. The molecule has 0 unspecified atom stereocenters. The molecule has 0 radical (unpaired) electrons. The fraction of sp³-hybridized carbons (Fsp3) is 0.818. The summed E-state index contributed by atoms with van der Waals surface area (Å²) in [6, 6.07) is 0. The minimum absolute atomic E-state index is 0.222. The lowest BCUT2D eigenvalue weighted by Gasteiger charge is -2.08. The zero-order valence-electron chi connectivity index (χ0n) is 8.75. The SMILES string of the molecule is CC(C)CC/C=C\[C@H](C)[C@H](C)O. The average Bonchev–Trinajstić information content (AvgIpc) is 1.97. The molecule has 0 amide bonds. The molecule has 0 heterocycles. The second-order valence-electron chi connectivity index (χ2n) is 4.00. The first-order valence-electron chi connectivity index (χ1n) is 4.88. The van der Waals surface area contributed by atoms with E-state index in [9.17, 15) is 5.11 Å². The molecule has 0 saturated heterocycles. The third kappa shape index (κ3) is 6.41. The van der Waals surface area contributed by atoms with E-state index in [0.717, 1.165) is 12.3 Å². The Hall–Kier alpha value is -0.300. The molecule has 0 aliphatic rings. The Morgan fingerprint density at radius 2 is 1.75 bits per heavy atom. The van der Waals surface area contributed by atoms with E-state index in [4.69, 9.17) is 0 Å². The van der Waals surface area contributed by atoms with E-state index in [1.165, 1.54) is 6.42 Å². The predicted octanol–water partition coefficient (Wildman–Crippen LogP) is 3.00. The van der Waals surface area contributed by atoms with Crippen molar-refractivity contribution in [3.8, 4) is 0 Å². The van der Waals surface area contributed by atoms with Crippen LogP contribution in [-0.2, 0) is 0 Å². The Kier molecular flexibility index (Phi) is 6.09. The van der Waals surface area contributed by atoms with Crippen LogP contribution in [0.1, 0.15) is 40.5 Å². The summed E-state index contributed by atoms with van der Waals surface area (Å²) < 4.78 is 0. The van der Waals surface area contributed by atoms with Gasteiger partial charge in [-0.3, -0.25) is 0 Å². The topological polar surface area (TPSA) is 20.2 Å². The van der Waals surface area contributed by atoms with Crippen molar-refractivity contribution < 1.29 is 5.11 Å². The maximum Gasteiger partial charge on any atom is 0.0572 e. The Morgan fingerprint density at radius 1 is 1.17 bits per heavy atom. The number of aliphatic hydroxyl groups excluding tert-OH is 1. The van der Waals surface area contributed by atoms with Gasteiger partial charge in [-0.1, -0.05) is 32.9 Å². The van der Waals surface area contributed by atoms with E-state index < -0.39 is 0 Å². The van der Waals surface area contributed by atoms with Crippen LogP contribution in [0.25, 0.3) is 0 Å². The number of rotatable bonds is 5. The predicted molar refractivity (Wildman–Crippen MR) is 54.1 cm³/mol. The highest BCUT2D eigenvalue weighted by Crippen LogP contribution is 2.08. The van der Waals surface area contributed by atoms with Gasteiger partial charge in [-0.25, -0.2) is 0 Å². The van der Waals surface area contributed by atoms with E-state index in [-0.39, 0.29) is 12.0 Å². The Bertz CT molecular complexity index is 125. The lowest BCUT2D eigenvalue weighted by Crippen LogP contribution is -2.09. The average molecular weight is 170 g/mol. The van der Waals surface area contributed by atoms with Crippen molar-refractivity contribution in [1.82, 2.24) is 0 Å². The largest absolute Gasteiger partial charge is 0.393 e. The summed E-state index contributed by atoms with van der Waals surface area (Å²) in [5, 5.41) is 9.18. The minimum Gasteiger partial charge on any atom is -0.393 e. The first-order chi connectivity index (χ1) is 5.54. The van der Waals surface area contributed by atoms with Gasteiger partial charge in [0.2, 0.25) is 0 Å². The second-order valence-corrected chi connectivity index (χ2v) is 4.00. The minimum atomic E-state index is -0.222. The smallest absolute Gasteiger partial charge is 0.0572 e. The van der Waals surface area contributed by atoms with Crippen molar-refractivity contribution >= 4 is 0 Å². The Morgan fingerprint density at radius 3 is 2.17 bits per heavy atom. The molecule has 72 valence electrons. The van der Waals surface area contributed by atoms with Crippen molar-refractivity contribution in [2.24, 2.45) is 11.8 Å². The van der Waals surface area contributed by atoms with E-state index in [0.29, 0.717) is 0 Å². The first-order valence-corrected chi connectivity index (χ1v) is 4.88. The summed E-state index contributed by atoms with van der Waals surface area (Å²) in [4.78, 5) is 0. The normalized spacial score (nSPS) is 17.2. The zero-order valence-corrected chi connectivity index (χ0v) is 8.75. The van der Waals surface area contributed by atoms with E-state index >= 15 is 0 Å². The van der Waals surface area contributed by atoms with Crippen LogP contribution >= 0.6 is 0 Å². The molecule has 1 N–H and O–H groups in total. The molecule has 1 heteroatoms. The highest BCUT2D eigenvalue weighted by atomic mass is 16.3. The van der Waals surface area contributed by atoms with Gasteiger partial charge in [0.05, 0.1) is 6.10 Å². The fourth-order valence-electron chi connectivity index (χ4n) is 0.901. The third-order valence-electron chi connectivity index (χ3n) is 2.11. The number of hydrogen-bond donors (Lipinski definition) is 1.